The van der Waals surface area contributed by atoms with E-state index in [1.807, 2.05) is 0 Å². The van der Waals surface area contributed by atoms with E-state index in [2.05, 4.69) is 15.0 Å². The molecule has 9 nitrogen and oxygen atoms in total. The topological polar surface area (TPSA) is 133 Å². The summed E-state index contributed by atoms with van der Waals surface area (Å²) in [5, 5.41) is 28.5. The Morgan fingerprint density at radius 2 is 2.16 bits per heavy atom. The first kappa shape index (κ1) is 12.2. The summed E-state index contributed by atoms with van der Waals surface area (Å²) in [7, 11) is 0. The van der Waals surface area contributed by atoms with Crippen molar-refractivity contribution < 1.29 is 20.1 Å². The van der Waals surface area contributed by atoms with E-state index in [1.54, 1.807) is 0 Å². The van der Waals surface area contributed by atoms with Crippen LogP contribution in [0.15, 0.2) is 17.4 Å². The van der Waals surface area contributed by atoms with Crippen molar-refractivity contribution in [2.24, 2.45) is 0 Å². The summed E-state index contributed by atoms with van der Waals surface area (Å²) in [5.74, 6) is 0. The lowest BCUT2D eigenvalue weighted by Crippen LogP contribution is -2.31. The number of aliphatic hydroxyl groups is 3. The van der Waals surface area contributed by atoms with Crippen molar-refractivity contribution in [1.29, 1.82) is 0 Å². The molecule has 2 aromatic heterocycles. The molecule has 0 aromatic carbocycles. The zero-order chi connectivity index (χ0) is 13.6. The minimum atomic E-state index is -1.27. The molecule has 0 spiro atoms. The van der Waals surface area contributed by atoms with Gasteiger partial charge in [0, 0.05) is 0 Å². The van der Waals surface area contributed by atoms with E-state index < -0.39 is 30.1 Å². The van der Waals surface area contributed by atoms with Gasteiger partial charge in [0.25, 0.3) is 5.56 Å². The van der Waals surface area contributed by atoms with Crippen molar-refractivity contribution in [2.75, 3.05) is 0 Å². The van der Waals surface area contributed by atoms with Crippen molar-refractivity contribution in [2.45, 2.75) is 24.5 Å². The van der Waals surface area contributed by atoms with Crippen LogP contribution in [0, 0.1) is 6.61 Å². The molecule has 9 heteroatoms. The second kappa shape index (κ2) is 4.38. The van der Waals surface area contributed by atoms with Gasteiger partial charge in [-0.3, -0.25) is 9.36 Å². The average molecular weight is 267 g/mol. The molecule has 4 atom stereocenters. The van der Waals surface area contributed by atoms with Crippen LogP contribution in [0.3, 0.4) is 0 Å². The maximum Gasteiger partial charge on any atom is 0.278 e. The molecular weight excluding hydrogens is 256 g/mol. The van der Waals surface area contributed by atoms with Crippen molar-refractivity contribution in [3.63, 3.8) is 0 Å². The number of hydrogen-bond donors (Lipinski definition) is 4. The Bertz CT molecular complexity index is 653. The molecule has 1 saturated heterocycles. The summed E-state index contributed by atoms with van der Waals surface area (Å²) in [6, 6.07) is 0. The van der Waals surface area contributed by atoms with Crippen LogP contribution in [0.1, 0.15) is 6.23 Å². The van der Waals surface area contributed by atoms with Crippen molar-refractivity contribution in [3.8, 4) is 0 Å². The predicted molar refractivity (Wildman–Crippen MR) is 60.3 cm³/mol. The van der Waals surface area contributed by atoms with Crippen molar-refractivity contribution in [1.82, 2.24) is 19.5 Å². The van der Waals surface area contributed by atoms with Crippen molar-refractivity contribution in [3.05, 3.63) is 29.6 Å². The quantitative estimate of drug-likeness (QED) is 0.475. The van der Waals surface area contributed by atoms with Gasteiger partial charge < -0.3 is 25.0 Å². The minimum absolute atomic E-state index is 0.101. The molecule has 1 aliphatic heterocycles. The first-order valence-corrected chi connectivity index (χ1v) is 5.53. The Kier molecular flexibility index (Phi) is 2.82. The summed E-state index contributed by atoms with van der Waals surface area (Å²) in [5.41, 5.74) is -0.0927. The van der Waals surface area contributed by atoms with Crippen LogP contribution in [-0.4, -0.2) is 53.2 Å². The van der Waals surface area contributed by atoms with Crippen LogP contribution in [0.5, 0.6) is 0 Å². The highest BCUT2D eigenvalue weighted by Crippen LogP contribution is 2.31. The van der Waals surface area contributed by atoms with Gasteiger partial charge in [-0.1, -0.05) is 0 Å². The number of rotatable bonds is 2. The standard InChI is InChI=1S/C10H11N4O5/c15-1-4-6(16)7(17)10(19-4)14-3-13-5-8(14)11-2-12-9(5)18/h1-4,6-7,10,15-17H,(H,11,12,18)/q-1. The Morgan fingerprint density at radius 3 is 2.84 bits per heavy atom. The Balaban J connectivity index is 2.06. The molecule has 2 aromatic rings. The van der Waals surface area contributed by atoms with E-state index >= 15 is 0 Å². The lowest BCUT2D eigenvalue weighted by molar-refractivity contribution is -0.0361. The molecule has 0 saturated carbocycles. The highest BCUT2D eigenvalue weighted by Gasteiger charge is 2.40. The second-order valence-electron chi connectivity index (χ2n) is 4.18. The molecule has 0 radical (unpaired) electrons. The van der Waals surface area contributed by atoms with Gasteiger partial charge in [0.1, 0.15) is 6.10 Å². The molecule has 4 unspecified atom stereocenters. The van der Waals surface area contributed by atoms with Gasteiger partial charge in [0.05, 0.1) is 18.8 Å². The van der Waals surface area contributed by atoms with E-state index in [-0.39, 0.29) is 11.2 Å². The van der Waals surface area contributed by atoms with E-state index in [0.29, 0.717) is 6.61 Å². The van der Waals surface area contributed by atoms with Gasteiger partial charge in [-0.2, -0.15) is 6.61 Å². The molecule has 3 heterocycles. The van der Waals surface area contributed by atoms with E-state index in [4.69, 9.17) is 9.84 Å². The van der Waals surface area contributed by atoms with E-state index in [9.17, 15) is 15.0 Å². The number of imidazole rings is 1. The van der Waals surface area contributed by atoms with Crippen molar-refractivity contribution >= 4 is 11.2 Å². The van der Waals surface area contributed by atoms with Gasteiger partial charge in [0.2, 0.25) is 0 Å². The molecular formula is C10H11N4O5-. The second-order valence-corrected chi connectivity index (χ2v) is 4.18. The number of nitrogens with zero attached hydrogens (tertiary/aromatic N) is 3. The zero-order valence-electron chi connectivity index (χ0n) is 9.54. The molecule has 0 aliphatic carbocycles. The predicted octanol–water partition coefficient (Wildman–Crippen LogP) is -1.73. The normalized spacial score (nSPS) is 31.1. The molecule has 0 bridgehead atoms. The Labute approximate surface area is 106 Å². The highest BCUT2D eigenvalue weighted by molar-refractivity contribution is 5.68. The Hall–Kier alpha value is -1.81. The lowest BCUT2D eigenvalue weighted by atomic mass is 10.1. The fourth-order valence-corrected chi connectivity index (χ4v) is 2.09. The first-order valence-electron chi connectivity index (χ1n) is 5.53. The van der Waals surface area contributed by atoms with Crippen LogP contribution in [-0.2, 0) is 4.74 Å². The lowest BCUT2D eigenvalue weighted by Gasteiger charge is -2.19. The molecule has 3 rings (SSSR count). The molecule has 0 amide bonds. The maximum absolute atomic E-state index is 11.5. The third-order valence-electron chi connectivity index (χ3n) is 3.06. The third kappa shape index (κ3) is 1.75. The SMILES string of the molecule is O=c1[nH]cnc2c1ncn2C1OC([CH-]O)C(O)C1O. The number of hydrogen-bond acceptors (Lipinski definition) is 7. The number of aromatic nitrogens is 4. The van der Waals surface area contributed by atoms with Crippen LogP contribution in [0.2, 0.25) is 0 Å². The highest BCUT2D eigenvalue weighted by atomic mass is 16.6. The Morgan fingerprint density at radius 1 is 1.37 bits per heavy atom. The number of fused-ring (bicyclic) bond motifs is 1. The van der Waals surface area contributed by atoms with Gasteiger partial charge in [-0.25, -0.2) is 9.97 Å². The van der Waals surface area contributed by atoms with Gasteiger partial charge in [0.15, 0.2) is 17.4 Å². The first-order chi connectivity index (χ1) is 9.13. The van der Waals surface area contributed by atoms with Crippen LogP contribution in [0.4, 0.5) is 0 Å². The summed E-state index contributed by atoms with van der Waals surface area (Å²) < 4.78 is 6.63. The van der Waals surface area contributed by atoms with Crippen LogP contribution < -0.4 is 5.56 Å². The molecule has 1 aliphatic rings. The molecule has 102 valence electrons. The minimum Gasteiger partial charge on any atom is -0.563 e. The summed E-state index contributed by atoms with van der Waals surface area (Å²) in [6.07, 6.45) is -2.05. The molecule has 1 fully saturated rings. The van der Waals surface area contributed by atoms with Gasteiger partial charge in [-0.15, -0.1) is 0 Å². The number of H-pyrrole nitrogens is 1. The zero-order valence-corrected chi connectivity index (χ0v) is 9.54. The monoisotopic (exact) mass is 267 g/mol. The fourth-order valence-electron chi connectivity index (χ4n) is 2.09. The largest absolute Gasteiger partial charge is 0.563 e. The molecule has 19 heavy (non-hydrogen) atoms. The number of ether oxygens (including phenoxy) is 1. The number of nitrogens with one attached hydrogen (secondary N) is 1. The maximum atomic E-state index is 11.5. The van der Waals surface area contributed by atoms with E-state index in [1.165, 1.54) is 17.2 Å². The molecule has 4 N–H and O–H groups in total. The summed E-state index contributed by atoms with van der Waals surface area (Å²) in [4.78, 5) is 21.7. The van der Waals surface area contributed by atoms with Crippen LogP contribution >= 0.6 is 0 Å². The summed E-state index contributed by atoms with van der Waals surface area (Å²) in [6.45, 7) is 0.660. The van der Waals surface area contributed by atoms with Gasteiger partial charge >= 0.3 is 0 Å². The number of aromatic amines is 1. The summed E-state index contributed by atoms with van der Waals surface area (Å²) >= 11 is 0. The fraction of sp³-hybridized carbons (Fsp3) is 0.400. The van der Waals surface area contributed by atoms with Gasteiger partial charge in [-0.05, 0) is 6.10 Å². The average Bonchev–Trinajstić information content (AvgIpc) is 2.94. The van der Waals surface area contributed by atoms with Crippen LogP contribution in [0.25, 0.3) is 11.2 Å². The third-order valence-corrected chi connectivity index (χ3v) is 3.06. The van der Waals surface area contributed by atoms with E-state index in [0.717, 1.165) is 0 Å². The number of aliphatic hydroxyl groups excluding tert-OH is 3. The smallest absolute Gasteiger partial charge is 0.278 e.